The lowest BCUT2D eigenvalue weighted by Crippen LogP contribution is -2.17. The number of carbonyl (C=O) groups is 1. The number of hydrogen-bond acceptors (Lipinski definition) is 4. The second kappa shape index (κ2) is 4.76. The van der Waals surface area contributed by atoms with Gasteiger partial charge in [-0.15, -0.1) is 0 Å². The Morgan fingerprint density at radius 3 is 2.41 bits per heavy atom. The van der Waals surface area contributed by atoms with E-state index in [4.69, 9.17) is 5.14 Å². The standard InChI is InChI=1S/C9H9F2NO4S/c1-2-16-9(13)5-3-8(17(12,14)15)7(11)4-6(5)10/h3-4H,2H2,1H3,(H2,12,14,15). The van der Waals surface area contributed by atoms with Crippen LogP contribution in [0, 0.1) is 11.6 Å². The molecule has 0 saturated carbocycles. The van der Waals surface area contributed by atoms with Crippen molar-refractivity contribution in [2.24, 2.45) is 5.14 Å². The fraction of sp³-hybridized carbons (Fsp3) is 0.222. The molecule has 94 valence electrons. The van der Waals surface area contributed by atoms with Crippen molar-refractivity contribution >= 4 is 16.0 Å². The first-order valence-corrected chi connectivity index (χ1v) is 6.01. The molecule has 0 heterocycles. The van der Waals surface area contributed by atoms with E-state index in [0.717, 1.165) is 0 Å². The molecular formula is C9H9F2NO4S. The molecule has 0 atom stereocenters. The Hall–Kier alpha value is -1.54. The highest BCUT2D eigenvalue weighted by atomic mass is 32.2. The van der Waals surface area contributed by atoms with Gasteiger partial charge in [-0.3, -0.25) is 0 Å². The molecule has 1 rings (SSSR count). The number of primary sulfonamides is 1. The molecule has 5 nitrogen and oxygen atoms in total. The zero-order chi connectivity index (χ0) is 13.2. The van der Waals surface area contributed by atoms with E-state index in [1.807, 2.05) is 0 Å². The third kappa shape index (κ3) is 2.98. The maximum absolute atomic E-state index is 13.2. The van der Waals surface area contributed by atoms with Gasteiger partial charge in [0.1, 0.15) is 16.5 Å². The maximum atomic E-state index is 13.2. The van der Waals surface area contributed by atoms with E-state index in [1.165, 1.54) is 6.92 Å². The van der Waals surface area contributed by atoms with Gasteiger partial charge in [-0.05, 0) is 13.0 Å². The molecule has 0 unspecified atom stereocenters. The van der Waals surface area contributed by atoms with E-state index < -0.39 is 38.1 Å². The van der Waals surface area contributed by atoms with Crippen LogP contribution in [0.5, 0.6) is 0 Å². The maximum Gasteiger partial charge on any atom is 0.341 e. The van der Waals surface area contributed by atoms with Gasteiger partial charge >= 0.3 is 5.97 Å². The SMILES string of the molecule is CCOC(=O)c1cc(S(N)(=O)=O)c(F)cc1F. The third-order valence-electron chi connectivity index (χ3n) is 1.82. The van der Waals surface area contributed by atoms with Crippen LogP contribution in [0.25, 0.3) is 0 Å². The lowest BCUT2D eigenvalue weighted by molar-refractivity contribution is 0.0520. The van der Waals surface area contributed by atoms with E-state index in [2.05, 4.69) is 4.74 Å². The second-order valence-corrected chi connectivity index (χ2v) is 4.56. The average molecular weight is 265 g/mol. The lowest BCUT2D eigenvalue weighted by Gasteiger charge is -2.06. The van der Waals surface area contributed by atoms with Crippen molar-refractivity contribution in [1.29, 1.82) is 0 Å². The molecule has 17 heavy (non-hydrogen) atoms. The Labute approximate surface area is 96.2 Å². The van der Waals surface area contributed by atoms with Crippen LogP contribution in [-0.2, 0) is 14.8 Å². The number of sulfonamides is 1. The van der Waals surface area contributed by atoms with Crippen molar-refractivity contribution in [1.82, 2.24) is 0 Å². The molecule has 0 aliphatic carbocycles. The Balaban J connectivity index is 3.39. The summed E-state index contributed by atoms with van der Waals surface area (Å²) in [5.41, 5.74) is -0.683. The van der Waals surface area contributed by atoms with Gasteiger partial charge in [-0.25, -0.2) is 27.1 Å². The van der Waals surface area contributed by atoms with Crippen LogP contribution in [0.4, 0.5) is 8.78 Å². The number of hydrogen-bond donors (Lipinski definition) is 1. The summed E-state index contributed by atoms with van der Waals surface area (Å²) in [6, 6.07) is 0.782. The Morgan fingerprint density at radius 2 is 1.94 bits per heavy atom. The van der Waals surface area contributed by atoms with E-state index in [0.29, 0.717) is 6.07 Å². The molecule has 0 bridgehead atoms. The Morgan fingerprint density at radius 1 is 1.35 bits per heavy atom. The molecular weight excluding hydrogens is 256 g/mol. The quantitative estimate of drug-likeness (QED) is 0.818. The summed E-state index contributed by atoms with van der Waals surface area (Å²) in [6.45, 7) is 1.46. The first-order valence-electron chi connectivity index (χ1n) is 4.46. The predicted molar refractivity (Wildman–Crippen MR) is 53.7 cm³/mol. The van der Waals surface area contributed by atoms with Crippen molar-refractivity contribution in [2.75, 3.05) is 6.61 Å². The van der Waals surface area contributed by atoms with Gasteiger partial charge in [0, 0.05) is 6.07 Å². The monoisotopic (exact) mass is 265 g/mol. The summed E-state index contributed by atoms with van der Waals surface area (Å²) in [6.07, 6.45) is 0. The van der Waals surface area contributed by atoms with E-state index in [-0.39, 0.29) is 12.7 Å². The smallest absolute Gasteiger partial charge is 0.341 e. The number of esters is 1. The van der Waals surface area contributed by atoms with Crippen LogP contribution >= 0.6 is 0 Å². The minimum Gasteiger partial charge on any atom is -0.462 e. The van der Waals surface area contributed by atoms with Crippen LogP contribution in [0.2, 0.25) is 0 Å². The third-order valence-corrected chi connectivity index (χ3v) is 2.75. The molecule has 0 radical (unpaired) electrons. The van der Waals surface area contributed by atoms with Gasteiger partial charge in [-0.2, -0.15) is 0 Å². The zero-order valence-corrected chi connectivity index (χ0v) is 9.55. The number of halogens is 2. The summed E-state index contributed by atoms with van der Waals surface area (Å²) in [4.78, 5) is 10.3. The van der Waals surface area contributed by atoms with Crippen molar-refractivity contribution in [3.63, 3.8) is 0 Å². The van der Waals surface area contributed by atoms with Crippen molar-refractivity contribution < 1.29 is 26.7 Å². The fourth-order valence-electron chi connectivity index (χ4n) is 1.11. The van der Waals surface area contributed by atoms with Crippen LogP contribution in [0.3, 0.4) is 0 Å². The van der Waals surface area contributed by atoms with Gasteiger partial charge < -0.3 is 4.74 Å². The van der Waals surface area contributed by atoms with Crippen LogP contribution in [0.15, 0.2) is 17.0 Å². The van der Waals surface area contributed by atoms with Gasteiger partial charge in [0.15, 0.2) is 0 Å². The van der Waals surface area contributed by atoms with Gasteiger partial charge in [0.2, 0.25) is 10.0 Å². The van der Waals surface area contributed by atoms with E-state index in [9.17, 15) is 22.0 Å². The molecule has 0 aromatic heterocycles. The number of benzene rings is 1. The highest BCUT2D eigenvalue weighted by molar-refractivity contribution is 7.89. The minimum absolute atomic E-state index is 0.0274. The number of ether oxygens (including phenoxy) is 1. The summed E-state index contributed by atoms with van der Waals surface area (Å²) in [5.74, 6) is -3.67. The first-order chi connectivity index (χ1) is 7.77. The molecule has 8 heteroatoms. The van der Waals surface area contributed by atoms with E-state index in [1.54, 1.807) is 0 Å². The normalized spacial score (nSPS) is 11.3. The Bertz CT molecular complexity index is 556. The predicted octanol–water partition coefficient (Wildman–Crippen LogP) is 0.789. The molecule has 2 N–H and O–H groups in total. The largest absolute Gasteiger partial charge is 0.462 e. The average Bonchev–Trinajstić information content (AvgIpc) is 2.15. The zero-order valence-electron chi connectivity index (χ0n) is 8.74. The molecule has 0 amide bonds. The summed E-state index contributed by atoms with van der Waals surface area (Å²) in [7, 11) is -4.37. The lowest BCUT2D eigenvalue weighted by atomic mass is 10.2. The van der Waals surface area contributed by atoms with Gasteiger partial charge in [0.25, 0.3) is 0 Å². The molecule has 1 aromatic rings. The summed E-state index contributed by atoms with van der Waals surface area (Å²) < 4.78 is 52.7. The van der Waals surface area contributed by atoms with Crippen molar-refractivity contribution in [3.05, 3.63) is 29.3 Å². The number of rotatable bonds is 3. The van der Waals surface area contributed by atoms with Crippen molar-refractivity contribution in [3.8, 4) is 0 Å². The highest BCUT2D eigenvalue weighted by Gasteiger charge is 2.22. The number of carbonyl (C=O) groups excluding carboxylic acids is 1. The van der Waals surface area contributed by atoms with Gasteiger partial charge in [-0.1, -0.05) is 0 Å². The van der Waals surface area contributed by atoms with Gasteiger partial charge in [0.05, 0.1) is 12.2 Å². The fourth-order valence-corrected chi connectivity index (χ4v) is 1.73. The minimum atomic E-state index is -4.37. The molecule has 0 saturated heterocycles. The Kier molecular flexibility index (Phi) is 3.79. The topological polar surface area (TPSA) is 86.5 Å². The van der Waals surface area contributed by atoms with Crippen LogP contribution in [-0.4, -0.2) is 21.0 Å². The molecule has 0 fully saturated rings. The first kappa shape index (κ1) is 13.5. The van der Waals surface area contributed by atoms with Crippen LogP contribution < -0.4 is 5.14 Å². The highest BCUT2D eigenvalue weighted by Crippen LogP contribution is 2.19. The summed E-state index contributed by atoms with van der Waals surface area (Å²) >= 11 is 0. The molecule has 0 aliphatic heterocycles. The summed E-state index contributed by atoms with van der Waals surface area (Å²) in [5, 5.41) is 4.71. The second-order valence-electron chi connectivity index (χ2n) is 3.03. The molecule has 0 aliphatic rings. The van der Waals surface area contributed by atoms with E-state index >= 15 is 0 Å². The number of nitrogens with two attached hydrogens (primary N) is 1. The van der Waals surface area contributed by atoms with Crippen LogP contribution in [0.1, 0.15) is 17.3 Å². The molecule has 1 aromatic carbocycles. The molecule has 0 spiro atoms. The van der Waals surface area contributed by atoms with Crippen molar-refractivity contribution in [2.45, 2.75) is 11.8 Å².